The molecule has 0 N–H and O–H groups in total. The monoisotopic (exact) mass is 395 g/mol. The second-order valence-corrected chi connectivity index (χ2v) is 8.07. The van der Waals surface area contributed by atoms with Crippen LogP contribution in [0.15, 0.2) is 42.5 Å². The number of carbonyl (C=O) groups is 1. The van der Waals surface area contributed by atoms with Crippen molar-refractivity contribution in [2.75, 3.05) is 6.54 Å². The van der Waals surface area contributed by atoms with Crippen LogP contribution in [0.1, 0.15) is 55.4 Å². The molecule has 5 heteroatoms. The van der Waals surface area contributed by atoms with Gasteiger partial charge in [0.25, 0.3) is 5.91 Å². The largest absolute Gasteiger partial charge is 0.331 e. The van der Waals surface area contributed by atoms with Crippen LogP contribution in [0.25, 0.3) is 11.0 Å². The summed E-state index contributed by atoms with van der Waals surface area (Å²) in [6.07, 6.45) is 1.81. The molecule has 0 saturated carbocycles. The van der Waals surface area contributed by atoms with Crippen molar-refractivity contribution in [3.05, 3.63) is 65.2 Å². The van der Waals surface area contributed by atoms with E-state index in [1.807, 2.05) is 46.7 Å². The van der Waals surface area contributed by atoms with Gasteiger partial charge in [0.1, 0.15) is 11.3 Å². The zero-order valence-corrected chi connectivity index (χ0v) is 17.8. The molecule has 3 rings (SSSR count). The third-order valence-corrected chi connectivity index (χ3v) is 5.12. The number of nitrogens with zero attached hydrogens (tertiary/aromatic N) is 3. The van der Waals surface area contributed by atoms with E-state index in [0.717, 1.165) is 36.3 Å². The molecule has 154 valence electrons. The van der Waals surface area contributed by atoms with Crippen molar-refractivity contribution in [2.24, 2.45) is 5.92 Å². The Morgan fingerprint density at radius 1 is 1.21 bits per heavy atom. The summed E-state index contributed by atoms with van der Waals surface area (Å²) in [4.78, 5) is 19.7. The first-order chi connectivity index (χ1) is 13.9. The molecule has 0 aliphatic heterocycles. The van der Waals surface area contributed by atoms with Gasteiger partial charge in [-0.2, -0.15) is 0 Å². The summed E-state index contributed by atoms with van der Waals surface area (Å²) in [5, 5.41) is 0. The Labute approximate surface area is 172 Å². The molecule has 2 aromatic carbocycles. The molecule has 0 atom stereocenters. The molecule has 0 aliphatic rings. The standard InChI is InChI=1S/C24H30FN3O/c1-5-13-28-21-11-7-10-20(25)23(21)26-22(28)16-27(14-12-17(2)3)24(29)19-9-6-8-18(4)15-19/h6-11,15,17H,5,12-14,16H2,1-4H3. The van der Waals surface area contributed by atoms with Gasteiger partial charge >= 0.3 is 0 Å². The number of rotatable bonds is 8. The molecule has 0 aliphatic carbocycles. The molecule has 1 aromatic heterocycles. The van der Waals surface area contributed by atoms with Crippen molar-refractivity contribution in [2.45, 2.75) is 53.6 Å². The van der Waals surface area contributed by atoms with Crippen LogP contribution in [0.4, 0.5) is 4.39 Å². The Balaban J connectivity index is 1.98. The molecular weight excluding hydrogens is 365 g/mol. The Morgan fingerprint density at radius 3 is 2.66 bits per heavy atom. The van der Waals surface area contributed by atoms with Crippen molar-refractivity contribution in [3.63, 3.8) is 0 Å². The topological polar surface area (TPSA) is 38.1 Å². The molecular formula is C24H30FN3O. The van der Waals surface area contributed by atoms with Gasteiger partial charge in [-0.3, -0.25) is 4.79 Å². The molecule has 1 heterocycles. The van der Waals surface area contributed by atoms with Crippen LogP contribution in [0.2, 0.25) is 0 Å². The summed E-state index contributed by atoms with van der Waals surface area (Å²) in [5.41, 5.74) is 2.90. The number of amides is 1. The third kappa shape index (κ3) is 4.84. The smallest absolute Gasteiger partial charge is 0.254 e. The lowest BCUT2D eigenvalue weighted by Gasteiger charge is -2.24. The molecule has 0 saturated heterocycles. The summed E-state index contributed by atoms with van der Waals surface area (Å²) in [7, 11) is 0. The zero-order chi connectivity index (χ0) is 21.0. The fraction of sp³-hybridized carbons (Fsp3) is 0.417. The highest BCUT2D eigenvalue weighted by Gasteiger charge is 2.21. The minimum atomic E-state index is -0.322. The van der Waals surface area contributed by atoms with Crippen LogP contribution in [0.3, 0.4) is 0 Å². The Morgan fingerprint density at radius 2 is 1.97 bits per heavy atom. The lowest BCUT2D eigenvalue weighted by atomic mass is 10.1. The van der Waals surface area contributed by atoms with Crippen LogP contribution in [-0.2, 0) is 13.1 Å². The second kappa shape index (κ2) is 9.21. The minimum Gasteiger partial charge on any atom is -0.331 e. The van der Waals surface area contributed by atoms with Gasteiger partial charge in [-0.15, -0.1) is 0 Å². The maximum Gasteiger partial charge on any atom is 0.254 e. The highest BCUT2D eigenvalue weighted by atomic mass is 19.1. The van der Waals surface area contributed by atoms with Gasteiger partial charge in [0.2, 0.25) is 0 Å². The van der Waals surface area contributed by atoms with Crippen LogP contribution in [0, 0.1) is 18.7 Å². The lowest BCUT2D eigenvalue weighted by Crippen LogP contribution is -2.33. The fourth-order valence-corrected chi connectivity index (χ4v) is 3.55. The van der Waals surface area contributed by atoms with E-state index in [9.17, 15) is 9.18 Å². The van der Waals surface area contributed by atoms with E-state index in [1.54, 1.807) is 6.07 Å². The maximum atomic E-state index is 14.3. The van der Waals surface area contributed by atoms with Crippen molar-refractivity contribution >= 4 is 16.9 Å². The molecule has 0 spiro atoms. The average Bonchev–Trinajstić information content (AvgIpc) is 3.03. The van der Waals surface area contributed by atoms with Crippen molar-refractivity contribution in [1.82, 2.24) is 14.5 Å². The van der Waals surface area contributed by atoms with E-state index >= 15 is 0 Å². The summed E-state index contributed by atoms with van der Waals surface area (Å²) >= 11 is 0. The first-order valence-electron chi connectivity index (χ1n) is 10.4. The minimum absolute atomic E-state index is 0.00933. The maximum absolute atomic E-state index is 14.3. The van der Waals surface area contributed by atoms with Gasteiger partial charge in [-0.05, 0) is 49.9 Å². The molecule has 0 bridgehead atoms. The van der Waals surface area contributed by atoms with E-state index < -0.39 is 0 Å². The van der Waals surface area contributed by atoms with Crippen LogP contribution < -0.4 is 0 Å². The molecule has 0 fully saturated rings. The molecule has 4 nitrogen and oxygen atoms in total. The molecule has 0 radical (unpaired) electrons. The Hall–Kier alpha value is -2.69. The molecule has 29 heavy (non-hydrogen) atoms. The highest BCUT2D eigenvalue weighted by molar-refractivity contribution is 5.94. The summed E-state index contributed by atoms with van der Waals surface area (Å²) in [5.74, 6) is 0.883. The van der Waals surface area contributed by atoms with E-state index in [1.165, 1.54) is 6.07 Å². The predicted molar refractivity (Wildman–Crippen MR) is 115 cm³/mol. The first-order valence-corrected chi connectivity index (χ1v) is 10.4. The number of carbonyl (C=O) groups excluding carboxylic acids is 1. The van der Waals surface area contributed by atoms with Gasteiger partial charge in [0.05, 0.1) is 12.1 Å². The van der Waals surface area contributed by atoms with Crippen LogP contribution in [-0.4, -0.2) is 26.9 Å². The van der Waals surface area contributed by atoms with E-state index in [2.05, 4.69) is 25.8 Å². The van der Waals surface area contributed by atoms with E-state index in [4.69, 9.17) is 0 Å². The fourth-order valence-electron chi connectivity index (χ4n) is 3.55. The number of benzene rings is 2. The SMILES string of the molecule is CCCn1c(CN(CCC(C)C)C(=O)c2cccc(C)c2)nc2c(F)cccc21. The van der Waals surface area contributed by atoms with Crippen molar-refractivity contribution < 1.29 is 9.18 Å². The van der Waals surface area contributed by atoms with Gasteiger partial charge in [0.15, 0.2) is 5.82 Å². The van der Waals surface area contributed by atoms with E-state index in [0.29, 0.717) is 30.1 Å². The summed E-state index contributed by atoms with van der Waals surface area (Å²) < 4.78 is 16.4. The van der Waals surface area contributed by atoms with Gasteiger partial charge in [0, 0.05) is 18.7 Å². The third-order valence-electron chi connectivity index (χ3n) is 5.12. The summed E-state index contributed by atoms with van der Waals surface area (Å²) in [6.45, 7) is 10.1. The van der Waals surface area contributed by atoms with Gasteiger partial charge < -0.3 is 9.47 Å². The molecule has 0 unspecified atom stereocenters. The normalized spacial score (nSPS) is 11.4. The Kier molecular flexibility index (Phi) is 6.68. The Bertz CT molecular complexity index is 993. The number of hydrogen-bond acceptors (Lipinski definition) is 2. The van der Waals surface area contributed by atoms with Gasteiger partial charge in [-0.25, -0.2) is 9.37 Å². The number of aromatic nitrogens is 2. The van der Waals surface area contributed by atoms with E-state index in [-0.39, 0.29) is 11.7 Å². The summed E-state index contributed by atoms with van der Waals surface area (Å²) in [6, 6.07) is 12.7. The van der Waals surface area contributed by atoms with Crippen molar-refractivity contribution in [1.29, 1.82) is 0 Å². The highest BCUT2D eigenvalue weighted by Crippen LogP contribution is 2.22. The number of imidazole rings is 1. The molecule has 3 aromatic rings. The lowest BCUT2D eigenvalue weighted by molar-refractivity contribution is 0.0729. The van der Waals surface area contributed by atoms with Crippen LogP contribution >= 0.6 is 0 Å². The second-order valence-electron chi connectivity index (χ2n) is 8.07. The molecule has 1 amide bonds. The number of aryl methyl sites for hydroxylation is 2. The average molecular weight is 396 g/mol. The van der Waals surface area contributed by atoms with Gasteiger partial charge in [-0.1, -0.05) is 44.5 Å². The number of hydrogen-bond donors (Lipinski definition) is 0. The first kappa shape index (κ1) is 21.0. The number of halogens is 1. The quantitative estimate of drug-likeness (QED) is 0.499. The number of fused-ring (bicyclic) bond motifs is 1. The van der Waals surface area contributed by atoms with Crippen LogP contribution in [0.5, 0.6) is 0 Å². The van der Waals surface area contributed by atoms with Crippen molar-refractivity contribution in [3.8, 4) is 0 Å². The zero-order valence-electron chi connectivity index (χ0n) is 17.8. The predicted octanol–water partition coefficient (Wildman–Crippen LogP) is 5.58. The number of para-hydroxylation sites is 1.